The number of benzene rings is 1. The van der Waals surface area contributed by atoms with Crippen molar-refractivity contribution in [3.63, 3.8) is 0 Å². The number of rotatable bonds is 3. The van der Waals surface area contributed by atoms with E-state index in [1.807, 2.05) is 0 Å². The molecule has 0 aliphatic carbocycles. The minimum atomic E-state index is -0.559. The highest BCUT2D eigenvalue weighted by Crippen LogP contribution is 2.16. The van der Waals surface area contributed by atoms with Crippen molar-refractivity contribution in [2.45, 2.75) is 6.92 Å². The second-order valence-corrected chi connectivity index (χ2v) is 3.96. The fourth-order valence-electron chi connectivity index (χ4n) is 1.50. The number of para-hydroxylation sites is 1. The van der Waals surface area contributed by atoms with Crippen molar-refractivity contribution < 1.29 is 9.90 Å². The van der Waals surface area contributed by atoms with Crippen molar-refractivity contribution >= 4 is 11.6 Å². The molecule has 1 aromatic carbocycles. The molecule has 1 aromatic heterocycles. The molecule has 7 heteroatoms. The lowest BCUT2D eigenvalue weighted by Crippen LogP contribution is -2.22. The number of phenolic OH excluding ortho intramolecular Hbond substituents is 1. The summed E-state index contributed by atoms with van der Waals surface area (Å²) in [6.45, 7) is 1.65. The number of nitrogens with one attached hydrogen (secondary N) is 2. The highest BCUT2D eigenvalue weighted by molar-refractivity contribution is 6.02. The molecule has 1 amide bonds. The van der Waals surface area contributed by atoms with E-state index in [2.05, 4.69) is 20.7 Å². The first-order valence-corrected chi connectivity index (χ1v) is 5.76. The topological polar surface area (TPSA) is 107 Å². The summed E-state index contributed by atoms with van der Waals surface area (Å²) in [5.74, 6) is -0.485. The van der Waals surface area contributed by atoms with E-state index in [1.165, 1.54) is 18.2 Å². The average molecular weight is 272 g/mol. The van der Waals surface area contributed by atoms with Crippen LogP contribution in [0.4, 0.5) is 0 Å². The maximum Gasteiger partial charge on any atom is 0.291 e. The van der Waals surface area contributed by atoms with Crippen LogP contribution in [0.15, 0.2) is 46.3 Å². The Bertz CT molecular complexity index is 701. The Morgan fingerprint density at radius 2 is 2.05 bits per heavy atom. The van der Waals surface area contributed by atoms with E-state index < -0.39 is 11.5 Å². The number of aromatic hydroxyl groups is 1. The van der Waals surface area contributed by atoms with Crippen molar-refractivity contribution in [2.24, 2.45) is 5.10 Å². The molecule has 0 aliphatic heterocycles. The molecule has 0 saturated carbocycles. The maximum atomic E-state index is 11.7. The van der Waals surface area contributed by atoms with Gasteiger partial charge < -0.3 is 5.11 Å². The second-order valence-electron chi connectivity index (χ2n) is 3.96. The van der Waals surface area contributed by atoms with E-state index in [1.54, 1.807) is 25.1 Å². The number of phenols is 1. The van der Waals surface area contributed by atoms with E-state index in [4.69, 9.17) is 0 Å². The fraction of sp³-hybridized carbons (Fsp3) is 0.0769. The second kappa shape index (κ2) is 5.79. The van der Waals surface area contributed by atoms with Crippen LogP contribution in [-0.2, 0) is 0 Å². The number of aromatic nitrogens is 2. The first kappa shape index (κ1) is 13.5. The van der Waals surface area contributed by atoms with Crippen LogP contribution in [0.1, 0.15) is 23.0 Å². The van der Waals surface area contributed by atoms with Gasteiger partial charge in [0.15, 0.2) is 5.69 Å². The minimum Gasteiger partial charge on any atom is -0.507 e. The zero-order chi connectivity index (χ0) is 14.5. The molecule has 0 atom stereocenters. The molecule has 0 fully saturated rings. The SMILES string of the molecule is C/C(=N/NC(=O)c1ccc(=O)[nH]n1)c1ccccc1O. The van der Waals surface area contributed by atoms with Gasteiger partial charge in [0.05, 0.1) is 5.71 Å². The molecule has 1 heterocycles. The maximum absolute atomic E-state index is 11.7. The van der Waals surface area contributed by atoms with E-state index in [0.717, 1.165) is 0 Å². The lowest BCUT2D eigenvalue weighted by Gasteiger charge is -2.04. The molecule has 7 nitrogen and oxygen atoms in total. The van der Waals surface area contributed by atoms with Crippen LogP contribution in [0.25, 0.3) is 0 Å². The number of hydrazone groups is 1. The summed E-state index contributed by atoms with van der Waals surface area (Å²) in [6, 6.07) is 9.13. The molecule has 20 heavy (non-hydrogen) atoms. The molecule has 0 bridgehead atoms. The Hall–Kier alpha value is -2.96. The van der Waals surface area contributed by atoms with Gasteiger partial charge in [-0.2, -0.15) is 10.2 Å². The monoisotopic (exact) mass is 272 g/mol. The van der Waals surface area contributed by atoms with Gasteiger partial charge >= 0.3 is 0 Å². The van der Waals surface area contributed by atoms with Crippen molar-refractivity contribution in [3.8, 4) is 5.75 Å². The quantitative estimate of drug-likeness (QED) is 0.562. The summed E-state index contributed by atoms with van der Waals surface area (Å²) in [5.41, 5.74) is 2.91. The fourth-order valence-corrected chi connectivity index (χ4v) is 1.50. The molecule has 3 N–H and O–H groups in total. The molecule has 0 spiro atoms. The number of carbonyl (C=O) groups is 1. The van der Waals surface area contributed by atoms with Crippen LogP contribution in [0.3, 0.4) is 0 Å². The predicted octanol–water partition coefficient (Wildman–Crippen LogP) is 0.629. The standard InChI is InChI=1S/C13H12N4O3/c1-8(9-4-2-3-5-11(9)18)14-17-13(20)10-6-7-12(19)16-15-10/h2-7,18H,1H3,(H,16,19)(H,17,20)/b14-8-. The number of H-pyrrole nitrogens is 1. The zero-order valence-electron chi connectivity index (χ0n) is 10.6. The molecule has 0 saturated heterocycles. The van der Waals surface area contributed by atoms with Gasteiger partial charge in [0.1, 0.15) is 5.75 Å². The summed E-state index contributed by atoms with van der Waals surface area (Å²) < 4.78 is 0. The normalized spacial score (nSPS) is 11.2. The van der Waals surface area contributed by atoms with Crippen molar-refractivity contribution in [2.75, 3.05) is 0 Å². The molecular weight excluding hydrogens is 260 g/mol. The Balaban J connectivity index is 2.13. The van der Waals surface area contributed by atoms with Crippen LogP contribution in [-0.4, -0.2) is 26.9 Å². The van der Waals surface area contributed by atoms with Gasteiger partial charge in [-0.1, -0.05) is 12.1 Å². The van der Waals surface area contributed by atoms with Gasteiger partial charge in [-0.25, -0.2) is 10.5 Å². The molecule has 2 rings (SSSR count). The van der Waals surface area contributed by atoms with Crippen LogP contribution >= 0.6 is 0 Å². The number of amides is 1. The summed E-state index contributed by atoms with van der Waals surface area (Å²) in [6.07, 6.45) is 0. The van der Waals surface area contributed by atoms with Gasteiger partial charge in [0.25, 0.3) is 11.5 Å². The largest absolute Gasteiger partial charge is 0.507 e. The lowest BCUT2D eigenvalue weighted by atomic mass is 10.1. The Kier molecular flexibility index (Phi) is 3.90. The third-order valence-electron chi connectivity index (χ3n) is 2.53. The van der Waals surface area contributed by atoms with E-state index in [0.29, 0.717) is 11.3 Å². The van der Waals surface area contributed by atoms with Crippen molar-refractivity contribution in [1.82, 2.24) is 15.6 Å². The lowest BCUT2D eigenvalue weighted by molar-refractivity contribution is 0.0948. The number of hydrogen-bond donors (Lipinski definition) is 3. The first-order chi connectivity index (χ1) is 9.58. The highest BCUT2D eigenvalue weighted by atomic mass is 16.3. The number of nitrogens with zero attached hydrogens (tertiary/aromatic N) is 2. The first-order valence-electron chi connectivity index (χ1n) is 5.76. The summed E-state index contributed by atoms with van der Waals surface area (Å²) >= 11 is 0. The highest BCUT2D eigenvalue weighted by Gasteiger charge is 2.07. The summed E-state index contributed by atoms with van der Waals surface area (Å²) in [5, 5.41) is 19.3. The summed E-state index contributed by atoms with van der Waals surface area (Å²) in [7, 11) is 0. The number of carbonyl (C=O) groups excluding carboxylic acids is 1. The predicted molar refractivity (Wildman–Crippen MR) is 72.6 cm³/mol. The van der Waals surface area contributed by atoms with Gasteiger partial charge in [0.2, 0.25) is 0 Å². The van der Waals surface area contributed by atoms with Gasteiger partial charge in [0, 0.05) is 11.6 Å². The van der Waals surface area contributed by atoms with Crippen LogP contribution in [0.5, 0.6) is 5.75 Å². The van der Waals surface area contributed by atoms with E-state index in [9.17, 15) is 14.7 Å². The third-order valence-corrected chi connectivity index (χ3v) is 2.53. The molecule has 102 valence electrons. The smallest absolute Gasteiger partial charge is 0.291 e. The Labute approximate surface area is 114 Å². The molecule has 2 aromatic rings. The molecular formula is C13H12N4O3. The van der Waals surface area contributed by atoms with E-state index in [-0.39, 0.29) is 11.4 Å². The number of hydrogen-bond acceptors (Lipinski definition) is 5. The van der Waals surface area contributed by atoms with Crippen molar-refractivity contribution in [1.29, 1.82) is 0 Å². The van der Waals surface area contributed by atoms with Gasteiger partial charge in [-0.3, -0.25) is 9.59 Å². The minimum absolute atomic E-state index is 0.0402. The third kappa shape index (κ3) is 3.08. The Morgan fingerprint density at radius 1 is 1.30 bits per heavy atom. The van der Waals surface area contributed by atoms with Crippen LogP contribution < -0.4 is 11.0 Å². The number of aromatic amines is 1. The molecule has 0 radical (unpaired) electrons. The molecule has 0 aliphatic rings. The van der Waals surface area contributed by atoms with Crippen LogP contribution in [0.2, 0.25) is 0 Å². The summed E-state index contributed by atoms with van der Waals surface area (Å²) in [4.78, 5) is 22.5. The van der Waals surface area contributed by atoms with E-state index >= 15 is 0 Å². The molecule has 0 unspecified atom stereocenters. The van der Waals surface area contributed by atoms with Crippen molar-refractivity contribution in [3.05, 3.63) is 58.0 Å². The zero-order valence-corrected chi connectivity index (χ0v) is 10.6. The van der Waals surface area contributed by atoms with Gasteiger partial charge in [-0.15, -0.1) is 0 Å². The Morgan fingerprint density at radius 3 is 2.70 bits per heavy atom. The van der Waals surface area contributed by atoms with Gasteiger partial charge in [-0.05, 0) is 25.1 Å². The van der Waals surface area contributed by atoms with Crippen LogP contribution in [0, 0.1) is 0 Å². The average Bonchev–Trinajstić information content (AvgIpc) is 2.45.